The van der Waals surface area contributed by atoms with E-state index in [0.717, 1.165) is 49.7 Å². The number of hydrogen-bond donors (Lipinski definition) is 4. The number of phenols is 1. The van der Waals surface area contributed by atoms with Crippen LogP contribution in [0.5, 0.6) is 5.75 Å². The number of rotatable bonds is 8. The molecule has 0 radical (unpaired) electrons. The van der Waals surface area contributed by atoms with Crippen molar-refractivity contribution < 1.29 is 5.11 Å². The maximum absolute atomic E-state index is 10.2. The number of fused-ring (bicyclic) bond motifs is 1. The van der Waals surface area contributed by atoms with E-state index in [2.05, 4.69) is 34.0 Å². The van der Waals surface area contributed by atoms with Crippen molar-refractivity contribution in [1.29, 1.82) is 0 Å². The lowest BCUT2D eigenvalue weighted by molar-refractivity contribution is 0.410. The van der Waals surface area contributed by atoms with Gasteiger partial charge < -0.3 is 26.0 Å². The molecular formula is C23H32ClN7O. The highest BCUT2D eigenvalue weighted by Crippen LogP contribution is 2.29. The molecule has 1 aliphatic rings. The molecule has 5 N–H and O–H groups in total. The number of nitrogens with zero attached hydrogens (tertiary/aromatic N) is 4. The van der Waals surface area contributed by atoms with Gasteiger partial charge in [0.2, 0.25) is 5.95 Å². The molecular weight excluding hydrogens is 426 g/mol. The summed E-state index contributed by atoms with van der Waals surface area (Å²) in [7, 11) is 0. The zero-order valence-corrected chi connectivity index (χ0v) is 19.4. The Morgan fingerprint density at radius 1 is 1.19 bits per heavy atom. The minimum atomic E-state index is 0.187. The average molecular weight is 458 g/mol. The molecule has 9 heteroatoms. The number of phenolic OH excluding ortho intramolecular Hbond substituents is 1. The minimum Gasteiger partial charge on any atom is -0.508 e. The molecule has 2 heterocycles. The van der Waals surface area contributed by atoms with Crippen molar-refractivity contribution in [1.82, 2.24) is 19.5 Å². The highest BCUT2D eigenvalue weighted by molar-refractivity contribution is 6.30. The topological polar surface area (TPSA) is 114 Å². The summed E-state index contributed by atoms with van der Waals surface area (Å²) in [4.78, 5) is 14.2. The molecule has 1 saturated carbocycles. The standard InChI is InChI=1S/C23H32ClN7O/c1-3-18(4-2)31-13-27-20-21(26-12-14-11-15(24)5-10-19(14)32)29-23(30-22(20)31)28-17-8-6-16(25)7-9-17/h5,10-11,13,16-18,32H,3-4,6-9,12,25H2,1-2H3,(H2,26,28,29,30). The van der Waals surface area contributed by atoms with Gasteiger partial charge in [0.1, 0.15) is 5.75 Å². The predicted molar refractivity (Wildman–Crippen MR) is 129 cm³/mol. The Bertz CT molecular complexity index is 1060. The first kappa shape index (κ1) is 22.6. The van der Waals surface area contributed by atoms with Crippen LogP contribution in [-0.4, -0.2) is 36.7 Å². The summed E-state index contributed by atoms with van der Waals surface area (Å²) in [5, 5.41) is 17.6. The van der Waals surface area contributed by atoms with Crippen LogP contribution in [0.25, 0.3) is 11.2 Å². The molecule has 0 atom stereocenters. The van der Waals surface area contributed by atoms with E-state index in [9.17, 15) is 5.11 Å². The zero-order valence-electron chi connectivity index (χ0n) is 18.7. The second-order valence-electron chi connectivity index (χ2n) is 8.57. The fourth-order valence-corrected chi connectivity index (χ4v) is 4.57. The summed E-state index contributed by atoms with van der Waals surface area (Å²) in [5.41, 5.74) is 8.28. The number of nitrogens with one attached hydrogen (secondary N) is 2. The lowest BCUT2D eigenvalue weighted by Gasteiger charge is -2.27. The van der Waals surface area contributed by atoms with E-state index in [-0.39, 0.29) is 11.8 Å². The third-order valence-electron chi connectivity index (χ3n) is 6.35. The molecule has 1 aromatic carbocycles. The van der Waals surface area contributed by atoms with Gasteiger partial charge in [0.15, 0.2) is 17.0 Å². The highest BCUT2D eigenvalue weighted by atomic mass is 35.5. The van der Waals surface area contributed by atoms with Crippen LogP contribution in [0, 0.1) is 0 Å². The van der Waals surface area contributed by atoms with Gasteiger partial charge in [-0.25, -0.2) is 4.98 Å². The molecule has 0 amide bonds. The van der Waals surface area contributed by atoms with Crippen molar-refractivity contribution in [2.75, 3.05) is 10.6 Å². The Balaban J connectivity index is 1.66. The molecule has 0 spiro atoms. The average Bonchev–Trinajstić information content (AvgIpc) is 3.21. The Hall–Kier alpha value is -2.58. The van der Waals surface area contributed by atoms with E-state index >= 15 is 0 Å². The Labute approximate surface area is 193 Å². The van der Waals surface area contributed by atoms with Gasteiger partial charge in [-0.15, -0.1) is 0 Å². The smallest absolute Gasteiger partial charge is 0.227 e. The van der Waals surface area contributed by atoms with Crippen LogP contribution >= 0.6 is 11.6 Å². The van der Waals surface area contributed by atoms with Crippen LogP contribution in [0.1, 0.15) is 64.0 Å². The maximum Gasteiger partial charge on any atom is 0.227 e. The van der Waals surface area contributed by atoms with E-state index in [1.54, 1.807) is 18.2 Å². The highest BCUT2D eigenvalue weighted by Gasteiger charge is 2.22. The number of hydrogen-bond acceptors (Lipinski definition) is 7. The quantitative estimate of drug-likeness (QED) is 0.382. The third kappa shape index (κ3) is 4.91. The van der Waals surface area contributed by atoms with E-state index in [0.29, 0.717) is 41.0 Å². The third-order valence-corrected chi connectivity index (χ3v) is 6.59. The molecule has 0 bridgehead atoms. The first-order valence-electron chi connectivity index (χ1n) is 11.5. The molecule has 1 aliphatic carbocycles. The normalized spacial score (nSPS) is 18.9. The van der Waals surface area contributed by atoms with Crippen molar-refractivity contribution in [3.8, 4) is 5.75 Å². The van der Waals surface area contributed by atoms with Gasteiger partial charge >= 0.3 is 0 Å². The second-order valence-corrected chi connectivity index (χ2v) is 9.01. The lowest BCUT2D eigenvalue weighted by Crippen LogP contribution is -2.33. The molecule has 4 rings (SSSR count). The SMILES string of the molecule is CCC(CC)n1cnc2c(NCc3cc(Cl)ccc3O)nc(NC3CCC(N)CC3)nc21. The van der Waals surface area contributed by atoms with Gasteiger partial charge in [-0.05, 0) is 56.7 Å². The summed E-state index contributed by atoms with van der Waals surface area (Å²) in [5.74, 6) is 1.41. The van der Waals surface area contributed by atoms with Gasteiger partial charge in [-0.3, -0.25) is 0 Å². The van der Waals surface area contributed by atoms with Crippen LogP contribution in [0.4, 0.5) is 11.8 Å². The zero-order chi connectivity index (χ0) is 22.7. The number of aromatic hydroxyl groups is 1. The van der Waals surface area contributed by atoms with Crippen molar-refractivity contribution in [2.24, 2.45) is 5.73 Å². The van der Waals surface area contributed by atoms with Gasteiger partial charge in [0, 0.05) is 35.3 Å². The van der Waals surface area contributed by atoms with Crippen molar-refractivity contribution in [2.45, 2.75) is 77.0 Å². The first-order valence-corrected chi connectivity index (χ1v) is 11.8. The van der Waals surface area contributed by atoms with Gasteiger partial charge in [0.25, 0.3) is 0 Å². The Kier molecular flexibility index (Phi) is 7.01. The summed E-state index contributed by atoms with van der Waals surface area (Å²) in [6, 6.07) is 5.92. The number of nitrogens with two attached hydrogens (primary N) is 1. The maximum atomic E-state index is 10.2. The number of aromatic nitrogens is 4. The molecule has 8 nitrogen and oxygen atoms in total. The van der Waals surface area contributed by atoms with E-state index in [1.807, 2.05) is 6.33 Å². The lowest BCUT2D eigenvalue weighted by atomic mass is 9.92. The van der Waals surface area contributed by atoms with Crippen LogP contribution in [0.3, 0.4) is 0 Å². The fourth-order valence-electron chi connectivity index (χ4n) is 4.37. The van der Waals surface area contributed by atoms with Crippen LogP contribution in [0.2, 0.25) is 5.02 Å². The molecule has 172 valence electrons. The molecule has 1 fully saturated rings. The van der Waals surface area contributed by atoms with Crippen LogP contribution in [0.15, 0.2) is 24.5 Å². The predicted octanol–water partition coefficient (Wildman–Crippen LogP) is 4.84. The number of benzene rings is 1. The summed E-state index contributed by atoms with van der Waals surface area (Å²) < 4.78 is 2.14. The van der Waals surface area contributed by atoms with Crippen molar-refractivity contribution in [3.05, 3.63) is 35.1 Å². The first-order chi connectivity index (χ1) is 15.5. The Morgan fingerprint density at radius 2 is 1.94 bits per heavy atom. The van der Waals surface area contributed by atoms with Crippen LogP contribution < -0.4 is 16.4 Å². The molecule has 2 aromatic heterocycles. The van der Waals surface area contributed by atoms with Crippen LogP contribution in [-0.2, 0) is 6.54 Å². The number of halogens is 1. The largest absolute Gasteiger partial charge is 0.508 e. The van der Waals surface area contributed by atoms with Gasteiger partial charge in [-0.2, -0.15) is 9.97 Å². The van der Waals surface area contributed by atoms with Crippen molar-refractivity contribution in [3.63, 3.8) is 0 Å². The molecule has 0 aliphatic heterocycles. The van der Waals surface area contributed by atoms with E-state index in [4.69, 9.17) is 27.3 Å². The molecule has 0 saturated heterocycles. The Morgan fingerprint density at radius 3 is 2.66 bits per heavy atom. The molecule has 32 heavy (non-hydrogen) atoms. The number of imidazole rings is 1. The second kappa shape index (κ2) is 9.92. The van der Waals surface area contributed by atoms with Gasteiger partial charge in [0.05, 0.1) is 6.33 Å². The van der Waals surface area contributed by atoms with Gasteiger partial charge in [-0.1, -0.05) is 25.4 Å². The van der Waals surface area contributed by atoms with E-state index < -0.39 is 0 Å². The molecule has 0 unspecified atom stereocenters. The summed E-state index contributed by atoms with van der Waals surface area (Å²) >= 11 is 6.11. The number of anilines is 2. The fraction of sp³-hybridized carbons (Fsp3) is 0.522. The minimum absolute atomic E-state index is 0.187. The summed E-state index contributed by atoms with van der Waals surface area (Å²) in [6.07, 6.45) is 7.86. The monoisotopic (exact) mass is 457 g/mol. The molecule has 3 aromatic rings. The van der Waals surface area contributed by atoms with E-state index in [1.165, 1.54) is 0 Å². The van der Waals surface area contributed by atoms with Crippen molar-refractivity contribution >= 4 is 34.5 Å². The summed E-state index contributed by atoms with van der Waals surface area (Å²) in [6.45, 7) is 4.72.